The zero-order valence-electron chi connectivity index (χ0n) is 18.8. The number of hydrogen-bond donors (Lipinski definition) is 0. The lowest BCUT2D eigenvalue weighted by Crippen LogP contribution is -2.56. The van der Waals surface area contributed by atoms with Crippen molar-refractivity contribution in [3.63, 3.8) is 0 Å². The predicted molar refractivity (Wildman–Crippen MR) is 116 cm³/mol. The van der Waals surface area contributed by atoms with Crippen molar-refractivity contribution in [1.82, 2.24) is 20.3 Å². The molecule has 2 bridgehead atoms. The molecule has 3 aromatic rings. The van der Waals surface area contributed by atoms with Gasteiger partial charge in [0, 0.05) is 18.5 Å². The van der Waals surface area contributed by atoms with Gasteiger partial charge >= 0.3 is 6.01 Å². The van der Waals surface area contributed by atoms with Gasteiger partial charge in [0.2, 0.25) is 0 Å². The number of fused-ring (bicyclic) bond motifs is 5. The Hall–Kier alpha value is -2.94. The Morgan fingerprint density at radius 3 is 2.67 bits per heavy atom. The number of nitrogens with zero attached hydrogens (tertiary/aromatic N) is 5. The summed E-state index contributed by atoms with van der Waals surface area (Å²) in [6.07, 6.45) is 1.73. The second-order valence-electron chi connectivity index (χ2n) is 9.84. The van der Waals surface area contributed by atoms with Crippen LogP contribution in [0, 0.1) is 24.0 Å². The van der Waals surface area contributed by atoms with E-state index in [-0.39, 0.29) is 34.1 Å². The number of rotatable bonds is 3. The van der Waals surface area contributed by atoms with Gasteiger partial charge in [-0.05, 0) is 54.9 Å². The highest BCUT2D eigenvalue weighted by Gasteiger charge is 2.67. The highest BCUT2D eigenvalue weighted by atomic mass is 19.1. The quantitative estimate of drug-likeness (QED) is 0.589. The summed E-state index contributed by atoms with van der Waals surface area (Å²) >= 11 is 0. The van der Waals surface area contributed by atoms with Crippen molar-refractivity contribution in [1.29, 1.82) is 0 Å². The van der Waals surface area contributed by atoms with Gasteiger partial charge in [0.15, 0.2) is 5.82 Å². The fraction of sp³-hybridized carbons (Fsp3) is 0.500. The molecule has 9 heteroatoms. The molecular formula is C24H25F2N5O2. The van der Waals surface area contributed by atoms with Crippen LogP contribution in [0.25, 0.3) is 11.3 Å². The van der Waals surface area contributed by atoms with E-state index in [0.717, 1.165) is 24.1 Å². The molecule has 1 saturated carbocycles. The van der Waals surface area contributed by atoms with Crippen molar-refractivity contribution in [3.8, 4) is 11.3 Å². The molecule has 0 spiro atoms. The second-order valence-corrected chi connectivity index (χ2v) is 9.84. The Morgan fingerprint density at radius 2 is 1.94 bits per heavy atom. The maximum absolute atomic E-state index is 14.4. The Labute approximate surface area is 190 Å². The van der Waals surface area contributed by atoms with E-state index in [1.54, 1.807) is 6.92 Å². The monoisotopic (exact) mass is 453 g/mol. The SMILES string of the molecule is Cc1noc(N2CCO[C@@H]([C@@]34CC[C@@H](c5cc(-c6c(F)cccc6F)nnc53)C4(C)C)C2)n1. The van der Waals surface area contributed by atoms with Gasteiger partial charge in [0.25, 0.3) is 0 Å². The Balaban J connectivity index is 1.42. The van der Waals surface area contributed by atoms with Crippen LogP contribution in [0.5, 0.6) is 0 Å². The van der Waals surface area contributed by atoms with Crippen LogP contribution in [0.2, 0.25) is 0 Å². The number of aryl methyl sites for hydroxylation is 1. The molecule has 172 valence electrons. The standard InChI is InChI=1S/C24H25F2N5O2/c1-13-27-22(33-30-13)31-9-10-32-19(12-31)24-8-7-15(23(24,2)3)14-11-18(28-29-21(14)24)20-16(25)5-4-6-17(20)26/h4-6,11,15,19H,7-10,12H2,1-3H3/t15-,19+,24-/m0/s1. The highest BCUT2D eigenvalue weighted by molar-refractivity contribution is 5.63. The summed E-state index contributed by atoms with van der Waals surface area (Å²) in [4.78, 5) is 6.46. The Kier molecular flexibility index (Phi) is 4.40. The summed E-state index contributed by atoms with van der Waals surface area (Å²) in [7, 11) is 0. The third kappa shape index (κ3) is 2.74. The molecule has 3 aliphatic rings. The first-order valence-corrected chi connectivity index (χ1v) is 11.3. The normalized spacial score (nSPS) is 27.7. The zero-order valence-corrected chi connectivity index (χ0v) is 18.8. The molecule has 33 heavy (non-hydrogen) atoms. The molecule has 1 aromatic carbocycles. The number of hydrogen-bond acceptors (Lipinski definition) is 7. The summed E-state index contributed by atoms with van der Waals surface area (Å²) in [6.45, 7) is 8.09. The van der Waals surface area contributed by atoms with Gasteiger partial charge < -0.3 is 14.2 Å². The second kappa shape index (κ2) is 7.03. The van der Waals surface area contributed by atoms with Gasteiger partial charge in [-0.25, -0.2) is 8.78 Å². The fourth-order valence-electron chi connectivity index (χ4n) is 6.48. The molecule has 0 radical (unpaired) electrons. The highest BCUT2D eigenvalue weighted by Crippen LogP contribution is 2.69. The zero-order chi connectivity index (χ0) is 23.0. The molecule has 7 nitrogen and oxygen atoms in total. The number of anilines is 1. The van der Waals surface area contributed by atoms with Crippen molar-refractivity contribution in [3.05, 3.63) is 53.0 Å². The molecule has 1 saturated heterocycles. The van der Waals surface area contributed by atoms with E-state index in [0.29, 0.717) is 31.5 Å². The first-order valence-electron chi connectivity index (χ1n) is 11.3. The first kappa shape index (κ1) is 20.7. The lowest BCUT2D eigenvalue weighted by atomic mass is 9.64. The van der Waals surface area contributed by atoms with Crippen LogP contribution in [-0.4, -0.2) is 46.1 Å². The van der Waals surface area contributed by atoms with Crippen LogP contribution in [0.3, 0.4) is 0 Å². The van der Waals surface area contributed by atoms with Gasteiger partial charge in [0.05, 0.1) is 29.7 Å². The van der Waals surface area contributed by atoms with E-state index in [1.165, 1.54) is 18.2 Å². The lowest BCUT2D eigenvalue weighted by Gasteiger charge is -2.47. The lowest BCUT2D eigenvalue weighted by molar-refractivity contribution is -0.0477. The number of ether oxygens (including phenoxy) is 1. The van der Waals surface area contributed by atoms with Crippen LogP contribution >= 0.6 is 0 Å². The van der Waals surface area contributed by atoms with Crippen molar-refractivity contribution in [2.75, 3.05) is 24.6 Å². The molecule has 0 unspecified atom stereocenters. The summed E-state index contributed by atoms with van der Waals surface area (Å²) in [6, 6.07) is 6.17. The van der Waals surface area contributed by atoms with Crippen LogP contribution < -0.4 is 4.90 Å². The van der Waals surface area contributed by atoms with Crippen LogP contribution in [-0.2, 0) is 10.2 Å². The van der Waals surface area contributed by atoms with E-state index in [1.807, 2.05) is 6.07 Å². The summed E-state index contributed by atoms with van der Waals surface area (Å²) in [5.41, 5.74) is 1.49. The molecule has 2 aromatic heterocycles. The minimum atomic E-state index is -0.637. The van der Waals surface area contributed by atoms with Crippen LogP contribution in [0.15, 0.2) is 28.8 Å². The molecule has 2 fully saturated rings. The number of halogens is 2. The van der Waals surface area contributed by atoms with Gasteiger partial charge in [0.1, 0.15) is 11.6 Å². The fourth-order valence-corrected chi connectivity index (χ4v) is 6.48. The minimum Gasteiger partial charge on any atom is -0.374 e. The topological polar surface area (TPSA) is 77.2 Å². The van der Waals surface area contributed by atoms with Crippen LogP contribution in [0.1, 0.15) is 49.7 Å². The number of morpholine rings is 1. The van der Waals surface area contributed by atoms with Gasteiger partial charge in [-0.2, -0.15) is 15.2 Å². The molecule has 3 heterocycles. The van der Waals surface area contributed by atoms with Gasteiger partial charge in [-0.1, -0.05) is 25.1 Å². The van der Waals surface area contributed by atoms with E-state index in [2.05, 4.69) is 39.1 Å². The summed E-state index contributed by atoms with van der Waals surface area (Å²) in [5, 5.41) is 12.8. The molecule has 3 atom stereocenters. The number of aromatic nitrogens is 4. The van der Waals surface area contributed by atoms with Gasteiger partial charge in [-0.15, -0.1) is 0 Å². The maximum Gasteiger partial charge on any atom is 0.324 e. The third-order valence-electron chi connectivity index (χ3n) is 8.09. The number of benzene rings is 1. The average Bonchev–Trinajstić information content (AvgIpc) is 3.40. The molecule has 0 N–H and O–H groups in total. The molecule has 1 aliphatic heterocycles. The first-order chi connectivity index (χ1) is 15.8. The smallest absolute Gasteiger partial charge is 0.324 e. The minimum absolute atomic E-state index is 0.130. The van der Waals surface area contributed by atoms with Gasteiger partial charge in [-0.3, -0.25) is 0 Å². The Morgan fingerprint density at radius 1 is 1.15 bits per heavy atom. The summed E-state index contributed by atoms with van der Waals surface area (Å²) < 4.78 is 40.7. The summed E-state index contributed by atoms with van der Waals surface area (Å²) in [5.74, 6) is -0.469. The predicted octanol–water partition coefficient (Wildman–Crippen LogP) is 4.17. The van der Waals surface area contributed by atoms with Crippen molar-refractivity contribution >= 4 is 6.01 Å². The molecule has 0 amide bonds. The Bertz CT molecular complexity index is 1230. The molecule has 2 aliphatic carbocycles. The molecular weight excluding hydrogens is 428 g/mol. The average molecular weight is 453 g/mol. The van der Waals surface area contributed by atoms with Crippen molar-refractivity contribution in [2.24, 2.45) is 5.41 Å². The molecule has 6 rings (SSSR count). The van der Waals surface area contributed by atoms with Crippen molar-refractivity contribution in [2.45, 2.75) is 51.0 Å². The van der Waals surface area contributed by atoms with E-state index in [9.17, 15) is 8.78 Å². The van der Waals surface area contributed by atoms with E-state index >= 15 is 0 Å². The third-order valence-corrected chi connectivity index (χ3v) is 8.09. The maximum atomic E-state index is 14.4. The van der Waals surface area contributed by atoms with E-state index in [4.69, 9.17) is 9.26 Å². The van der Waals surface area contributed by atoms with Crippen molar-refractivity contribution < 1.29 is 18.0 Å². The van der Waals surface area contributed by atoms with E-state index < -0.39 is 11.6 Å². The van der Waals surface area contributed by atoms with Crippen LogP contribution in [0.4, 0.5) is 14.8 Å². The largest absolute Gasteiger partial charge is 0.374 e.